The number of nitrogens with one attached hydrogen (secondary N) is 3. The second-order valence-electron chi connectivity index (χ2n) is 12.5. The van der Waals surface area contributed by atoms with Crippen molar-refractivity contribution in [3.8, 4) is 21.1 Å². The molecular formula is C38H29BrCl2N14S2. The summed E-state index contributed by atoms with van der Waals surface area (Å²) in [7, 11) is 0. The van der Waals surface area contributed by atoms with Crippen LogP contribution < -0.4 is 11.1 Å². The first kappa shape index (κ1) is 38.3. The number of anilines is 1. The van der Waals surface area contributed by atoms with Crippen molar-refractivity contribution in [2.24, 2.45) is 5.73 Å². The molecular weight excluding hydrogens is 867 g/mol. The Balaban J connectivity index is 0.000000134. The summed E-state index contributed by atoms with van der Waals surface area (Å²) >= 11 is 19.0. The van der Waals surface area contributed by atoms with Crippen LogP contribution in [-0.4, -0.2) is 59.8 Å². The van der Waals surface area contributed by atoms with Gasteiger partial charge in [-0.3, -0.25) is 9.97 Å². The molecule has 284 valence electrons. The first-order valence-electron chi connectivity index (χ1n) is 17.2. The van der Waals surface area contributed by atoms with Gasteiger partial charge in [0, 0.05) is 34.8 Å². The van der Waals surface area contributed by atoms with Crippen molar-refractivity contribution in [2.75, 3.05) is 5.32 Å². The van der Waals surface area contributed by atoms with E-state index in [1.54, 1.807) is 46.3 Å². The molecule has 0 spiro atoms. The predicted molar refractivity (Wildman–Crippen MR) is 231 cm³/mol. The van der Waals surface area contributed by atoms with Crippen molar-refractivity contribution in [3.05, 3.63) is 123 Å². The Kier molecular flexibility index (Phi) is 11.4. The number of H-pyrrole nitrogens is 2. The zero-order valence-corrected chi connectivity index (χ0v) is 34.6. The monoisotopic (exact) mass is 894 g/mol. The van der Waals surface area contributed by atoms with Crippen LogP contribution in [0.3, 0.4) is 0 Å². The highest BCUT2D eigenvalue weighted by Gasteiger charge is 2.19. The quantitative estimate of drug-likeness (QED) is 0.115. The van der Waals surface area contributed by atoms with Crippen LogP contribution in [0.5, 0.6) is 0 Å². The third-order valence-corrected chi connectivity index (χ3v) is 11.5. The van der Waals surface area contributed by atoms with E-state index < -0.39 is 0 Å². The van der Waals surface area contributed by atoms with Crippen LogP contribution in [-0.2, 0) is 0 Å². The van der Waals surface area contributed by atoms with E-state index in [-0.39, 0.29) is 12.1 Å². The van der Waals surface area contributed by atoms with Gasteiger partial charge in [0.15, 0.2) is 17.1 Å². The summed E-state index contributed by atoms with van der Waals surface area (Å²) in [5.74, 6) is 0.691. The minimum atomic E-state index is -0.0898. The lowest BCUT2D eigenvalue weighted by molar-refractivity contribution is 0.818. The number of benzene rings is 2. The number of hydrogen-bond acceptors (Lipinski definition) is 14. The van der Waals surface area contributed by atoms with E-state index in [9.17, 15) is 0 Å². The lowest BCUT2D eigenvalue weighted by Crippen LogP contribution is -2.11. The molecule has 0 aliphatic rings. The predicted octanol–water partition coefficient (Wildman–Crippen LogP) is 10.00. The molecule has 10 aromatic rings. The first-order valence-corrected chi connectivity index (χ1v) is 20.5. The number of pyridine rings is 2. The second-order valence-corrected chi connectivity index (χ2v) is 15.8. The van der Waals surface area contributed by atoms with Crippen molar-refractivity contribution in [1.82, 2.24) is 59.8 Å². The van der Waals surface area contributed by atoms with Crippen LogP contribution in [0.4, 0.5) is 5.82 Å². The molecule has 0 radical (unpaired) electrons. The summed E-state index contributed by atoms with van der Waals surface area (Å²) in [6.45, 7) is 4.03. The third kappa shape index (κ3) is 8.16. The molecule has 14 nitrogen and oxygen atoms in total. The minimum absolute atomic E-state index is 0.0746. The molecule has 0 aliphatic carbocycles. The number of halogens is 3. The van der Waals surface area contributed by atoms with Gasteiger partial charge in [0.1, 0.15) is 28.3 Å². The molecule has 0 unspecified atom stereocenters. The minimum Gasteiger partial charge on any atom is -0.362 e. The standard InChI is InChI=1S/C19H14ClN7S.C14H12ClN3S.C5H3BrN4/c1-10(26-19-17-18(23-7-22-17)24-8-25-19)12-5-11-3-2-4-13(20)15(11)27-16(12)14-6-21-9-28-14;1-8(16)10-5-9-3-2-4-11(15)13(9)18-14(10)12-6-17-7-19-12;6-4-3-5(9-1-7-3)10-2-8-4/h2-10H,1H3,(H2,22,23,24,25,26);2-8H,16H2,1H3;1-2H,(H,7,8,9,10)/t10-;8-;/m00./s1. The van der Waals surface area contributed by atoms with Crippen LogP contribution in [0.2, 0.25) is 10.0 Å². The number of fused-ring (bicyclic) bond motifs is 4. The number of nitrogens with zero attached hydrogens (tertiary/aromatic N) is 10. The van der Waals surface area contributed by atoms with Gasteiger partial charge in [0.2, 0.25) is 0 Å². The maximum Gasteiger partial charge on any atom is 0.182 e. The fraction of sp³-hybridized carbons (Fsp3) is 0.105. The summed E-state index contributed by atoms with van der Waals surface area (Å²) in [6, 6.07) is 15.6. The fourth-order valence-electron chi connectivity index (χ4n) is 5.99. The molecule has 8 aromatic heterocycles. The first-order chi connectivity index (χ1) is 27.7. The largest absolute Gasteiger partial charge is 0.362 e. The fourth-order valence-corrected chi connectivity index (χ4v) is 8.08. The molecule has 0 saturated heterocycles. The molecule has 5 N–H and O–H groups in total. The molecule has 0 saturated carbocycles. The second kappa shape index (κ2) is 16.9. The molecule has 0 bridgehead atoms. The summed E-state index contributed by atoms with van der Waals surface area (Å²) in [5.41, 5.74) is 17.9. The van der Waals surface area contributed by atoms with Crippen molar-refractivity contribution in [2.45, 2.75) is 25.9 Å². The molecule has 2 aromatic carbocycles. The smallest absolute Gasteiger partial charge is 0.182 e. The van der Waals surface area contributed by atoms with E-state index in [4.69, 9.17) is 38.9 Å². The molecule has 0 amide bonds. The molecule has 10 rings (SSSR count). The number of rotatable bonds is 6. The van der Waals surface area contributed by atoms with E-state index >= 15 is 0 Å². The molecule has 8 heterocycles. The average molecular weight is 897 g/mol. The topological polar surface area (TPSA) is 199 Å². The number of aromatic amines is 2. The van der Waals surface area contributed by atoms with Gasteiger partial charge in [-0.2, -0.15) is 0 Å². The van der Waals surface area contributed by atoms with Crippen LogP contribution in [0.25, 0.3) is 65.3 Å². The summed E-state index contributed by atoms with van der Waals surface area (Å²) in [6.07, 6.45) is 9.79. The number of aromatic nitrogens is 12. The van der Waals surface area contributed by atoms with Crippen LogP contribution in [0, 0.1) is 0 Å². The van der Waals surface area contributed by atoms with Gasteiger partial charge in [-0.1, -0.05) is 47.5 Å². The van der Waals surface area contributed by atoms with Gasteiger partial charge >= 0.3 is 0 Å². The van der Waals surface area contributed by atoms with Crippen LogP contribution >= 0.6 is 61.8 Å². The zero-order chi connectivity index (χ0) is 39.5. The highest BCUT2D eigenvalue weighted by atomic mass is 79.9. The Labute approximate surface area is 350 Å². The third-order valence-electron chi connectivity index (χ3n) is 8.69. The Morgan fingerprint density at radius 3 is 1.81 bits per heavy atom. The van der Waals surface area contributed by atoms with Crippen molar-refractivity contribution >= 4 is 112 Å². The lowest BCUT2D eigenvalue weighted by atomic mass is 10.0. The number of hydrogen-bond donors (Lipinski definition) is 4. The molecule has 57 heavy (non-hydrogen) atoms. The van der Waals surface area contributed by atoms with E-state index in [1.165, 1.54) is 12.7 Å². The molecule has 0 aliphatic heterocycles. The maximum atomic E-state index is 6.39. The Hall–Kier alpha value is -5.56. The molecule has 2 atom stereocenters. The van der Waals surface area contributed by atoms with Gasteiger partial charge in [-0.15, -0.1) is 22.7 Å². The lowest BCUT2D eigenvalue weighted by Gasteiger charge is -2.19. The maximum absolute atomic E-state index is 6.39. The summed E-state index contributed by atoms with van der Waals surface area (Å²) in [5, 5.41) is 6.73. The van der Waals surface area contributed by atoms with Crippen LogP contribution in [0.15, 0.2) is 102 Å². The number of thiazole rings is 2. The van der Waals surface area contributed by atoms with Gasteiger partial charge in [-0.05, 0) is 59.6 Å². The number of para-hydroxylation sites is 2. The molecule has 19 heteroatoms. The SMILES string of the molecule is Brc1ncnc2nc[nH]c12.C[C@H](N)c1cc2cccc(Cl)c2nc1-c1cncs1.C[C@H](Nc1ncnc2nc[nH]c12)c1cc2cccc(Cl)c2nc1-c1cncs1. The average Bonchev–Trinajstić information content (AvgIpc) is 4.07. The van der Waals surface area contributed by atoms with E-state index in [1.807, 2.05) is 55.7 Å². The highest BCUT2D eigenvalue weighted by molar-refractivity contribution is 9.10. The Bertz CT molecular complexity index is 2950. The van der Waals surface area contributed by atoms with Crippen molar-refractivity contribution in [1.29, 1.82) is 0 Å². The highest BCUT2D eigenvalue weighted by Crippen LogP contribution is 2.36. The summed E-state index contributed by atoms with van der Waals surface area (Å²) in [4.78, 5) is 50.4. The normalized spacial score (nSPS) is 12.2. The van der Waals surface area contributed by atoms with E-state index in [0.717, 1.165) is 69.7 Å². The summed E-state index contributed by atoms with van der Waals surface area (Å²) < 4.78 is 0.745. The van der Waals surface area contributed by atoms with Crippen molar-refractivity contribution < 1.29 is 0 Å². The van der Waals surface area contributed by atoms with Gasteiger partial charge in [-0.25, -0.2) is 39.9 Å². The Morgan fingerprint density at radius 2 is 1.25 bits per heavy atom. The van der Waals surface area contributed by atoms with E-state index in [0.29, 0.717) is 27.2 Å². The Morgan fingerprint density at radius 1 is 0.702 bits per heavy atom. The zero-order valence-electron chi connectivity index (χ0n) is 29.9. The van der Waals surface area contributed by atoms with E-state index in [2.05, 4.69) is 90.1 Å². The number of nitrogens with two attached hydrogens (primary N) is 1. The van der Waals surface area contributed by atoms with Crippen LogP contribution in [0.1, 0.15) is 37.1 Å². The van der Waals surface area contributed by atoms with Gasteiger partial charge < -0.3 is 21.0 Å². The van der Waals surface area contributed by atoms with Crippen molar-refractivity contribution in [3.63, 3.8) is 0 Å². The molecule has 0 fully saturated rings. The van der Waals surface area contributed by atoms with Gasteiger partial charge in [0.25, 0.3) is 0 Å². The number of imidazole rings is 2. The van der Waals surface area contributed by atoms with Gasteiger partial charge in [0.05, 0.1) is 71.9 Å².